The van der Waals surface area contributed by atoms with Gasteiger partial charge in [0.2, 0.25) is 5.91 Å². The summed E-state index contributed by atoms with van der Waals surface area (Å²) in [4.78, 5) is 18.2. The van der Waals surface area contributed by atoms with E-state index in [9.17, 15) is 4.79 Å². The third-order valence-electron chi connectivity index (χ3n) is 5.78. The Morgan fingerprint density at radius 3 is 2.96 bits per heavy atom. The summed E-state index contributed by atoms with van der Waals surface area (Å²) in [5.74, 6) is 2.00. The van der Waals surface area contributed by atoms with Crippen LogP contribution < -0.4 is 21.5 Å². The van der Waals surface area contributed by atoms with Crippen molar-refractivity contribution in [2.75, 3.05) is 31.9 Å². The van der Waals surface area contributed by atoms with Crippen LogP contribution in [0.15, 0.2) is 0 Å². The highest BCUT2D eigenvalue weighted by Crippen LogP contribution is 2.26. The molecule has 4 atom stereocenters. The molecule has 3 heterocycles. The van der Waals surface area contributed by atoms with E-state index in [0.717, 1.165) is 44.3 Å². The number of nitrogens with one attached hydrogen (secondary N) is 4. The van der Waals surface area contributed by atoms with E-state index < -0.39 is 0 Å². The third-order valence-corrected chi connectivity index (χ3v) is 7.05. The minimum atomic E-state index is -0.236. The van der Waals surface area contributed by atoms with Gasteiger partial charge in [-0.15, -0.1) is 11.8 Å². The Balaban J connectivity index is 1.18. The number of carbonyl (C=O) groups excluding carboxylic acids is 1. The van der Waals surface area contributed by atoms with E-state index in [1.807, 2.05) is 11.8 Å². The van der Waals surface area contributed by atoms with E-state index in [2.05, 4.69) is 26.5 Å². The predicted octanol–water partition coefficient (Wildman–Crippen LogP) is 0.196. The molecule has 4 N–H and O–H groups in total. The number of thioether (sulfide) groups is 1. The van der Waals surface area contributed by atoms with Gasteiger partial charge < -0.3 is 10.6 Å². The van der Waals surface area contributed by atoms with Gasteiger partial charge in [-0.2, -0.15) is 5.48 Å². The standard InChI is InChI=1S/C17H31N5O2S/c23-16(14-8-15(24-21-14)17-18-6-7-25-17)20-13-9-19-22(11-13)10-12-4-2-1-3-5-12/h12-15,17-19,21H,1-11H2,(H,20,23). The molecule has 25 heavy (non-hydrogen) atoms. The number of rotatable bonds is 5. The van der Waals surface area contributed by atoms with Crippen LogP contribution in [0.4, 0.5) is 0 Å². The summed E-state index contributed by atoms with van der Waals surface area (Å²) in [6.45, 7) is 3.87. The van der Waals surface area contributed by atoms with E-state index in [4.69, 9.17) is 4.84 Å². The maximum Gasteiger partial charge on any atom is 0.239 e. The molecule has 3 saturated heterocycles. The second-order valence-electron chi connectivity index (χ2n) is 7.78. The van der Waals surface area contributed by atoms with Crippen molar-refractivity contribution in [2.45, 2.75) is 62.1 Å². The Morgan fingerprint density at radius 1 is 1.28 bits per heavy atom. The van der Waals surface area contributed by atoms with Gasteiger partial charge in [-0.1, -0.05) is 19.3 Å². The Morgan fingerprint density at radius 2 is 2.16 bits per heavy atom. The normalized spacial score (nSPS) is 37.6. The number of hydroxylamine groups is 1. The molecule has 4 fully saturated rings. The molecule has 0 aromatic heterocycles. The number of hydrogen-bond acceptors (Lipinski definition) is 7. The van der Waals surface area contributed by atoms with Crippen molar-refractivity contribution >= 4 is 17.7 Å². The van der Waals surface area contributed by atoms with Gasteiger partial charge in [0.15, 0.2) is 0 Å². The van der Waals surface area contributed by atoms with Gasteiger partial charge >= 0.3 is 0 Å². The largest absolute Gasteiger partial charge is 0.349 e. The molecule has 0 bridgehead atoms. The van der Waals surface area contributed by atoms with E-state index >= 15 is 0 Å². The second kappa shape index (κ2) is 8.54. The molecule has 1 amide bonds. The van der Waals surface area contributed by atoms with E-state index in [-0.39, 0.29) is 24.1 Å². The average molecular weight is 370 g/mol. The summed E-state index contributed by atoms with van der Waals surface area (Å²) in [6.07, 6.45) is 7.67. The molecule has 0 radical (unpaired) electrons. The summed E-state index contributed by atoms with van der Waals surface area (Å²) in [5, 5.41) is 9.23. The first-order valence-corrected chi connectivity index (χ1v) is 10.9. The number of nitrogens with zero attached hydrogens (tertiary/aromatic N) is 1. The highest BCUT2D eigenvalue weighted by molar-refractivity contribution is 8.00. The monoisotopic (exact) mass is 369 g/mol. The Kier molecular flexibility index (Phi) is 6.15. The number of amides is 1. The minimum Gasteiger partial charge on any atom is -0.349 e. The van der Waals surface area contributed by atoms with Crippen LogP contribution in [-0.4, -0.2) is 66.4 Å². The number of hydrogen-bond donors (Lipinski definition) is 4. The van der Waals surface area contributed by atoms with Crippen molar-refractivity contribution in [1.82, 2.24) is 26.5 Å². The van der Waals surface area contributed by atoms with Gasteiger partial charge in [0, 0.05) is 38.4 Å². The summed E-state index contributed by atoms with van der Waals surface area (Å²) in [6, 6.07) is -0.0451. The van der Waals surface area contributed by atoms with Gasteiger partial charge in [-0.05, 0) is 18.8 Å². The van der Waals surface area contributed by atoms with E-state index in [0.29, 0.717) is 5.37 Å². The lowest BCUT2D eigenvalue weighted by atomic mass is 9.89. The van der Waals surface area contributed by atoms with Gasteiger partial charge in [-0.3, -0.25) is 15.1 Å². The molecule has 7 nitrogen and oxygen atoms in total. The number of carbonyl (C=O) groups is 1. The van der Waals surface area contributed by atoms with Crippen LogP contribution in [0.2, 0.25) is 0 Å². The third kappa shape index (κ3) is 4.67. The lowest BCUT2D eigenvalue weighted by molar-refractivity contribution is -0.124. The molecule has 4 aliphatic rings. The van der Waals surface area contributed by atoms with Crippen molar-refractivity contribution in [3.8, 4) is 0 Å². The molecule has 1 saturated carbocycles. The first-order chi connectivity index (χ1) is 12.3. The number of hydrazine groups is 1. The topological polar surface area (TPSA) is 77.7 Å². The molecule has 3 aliphatic heterocycles. The van der Waals surface area contributed by atoms with Crippen molar-refractivity contribution < 1.29 is 9.63 Å². The van der Waals surface area contributed by atoms with Crippen LogP contribution in [0, 0.1) is 5.92 Å². The highest BCUT2D eigenvalue weighted by atomic mass is 32.2. The Bertz CT molecular complexity index is 456. The zero-order chi connectivity index (χ0) is 17.1. The maximum absolute atomic E-state index is 12.5. The van der Waals surface area contributed by atoms with Crippen LogP contribution in [0.25, 0.3) is 0 Å². The van der Waals surface area contributed by atoms with Crippen molar-refractivity contribution in [1.29, 1.82) is 0 Å². The molecular formula is C17H31N5O2S. The fourth-order valence-corrected chi connectivity index (χ4v) is 5.49. The SMILES string of the molecule is O=C(NC1CNN(CC2CCCCC2)C1)C1CC(C2NCCS2)ON1. The molecule has 1 aliphatic carbocycles. The second-order valence-corrected chi connectivity index (χ2v) is 9.03. The predicted molar refractivity (Wildman–Crippen MR) is 98.7 cm³/mol. The van der Waals surface area contributed by atoms with Crippen molar-refractivity contribution in [2.24, 2.45) is 5.92 Å². The van der Waals surface area contributed by atoms with E-state index in [1.54, 1.807) is 0 Å². The molecule has 8 heteroatoms. The minimum absolute atomic E-state index is 0.0665. The van der Waals surface area contributed by atoms with Crippen LogP contribution in [0.3, 0.4) is 0 Å². The van der Waals surface area contributed by atoms with Crippen LogP contribution >= 0.6 is 11.8 Å². The van der Waals surface area contributed by atoms with Gasteiger partial charge in [-0.25, -0.2) is 5.01 Å². The summed E-state index contributed by atoms with van der Waals surface area (Å²) < 4.78 is 0. The summed E-state index contributed by atoms with van der Waals surface area (Å²) in [5.41, 5.74) is 6.39. The fraction of sp³-hybridized carbons (Fsp3) is 0.941. The summed E-state index contributed by atoms with van der Waals surface area (Å²) >= 11 is 1.88. The van der Waals surface area contributed by atoms with Crippen molar-refractivity contribution in [3.63, 3.8) is 0 Å². The van der Waals surface area contributed by atoms with Gasteiger partial charge in [0.25, 0.3) is 0 Å². The molecule has 0 aromatic carbocycles. The van der Waals surface area contributed by atoms with Gasteiger partial charge in [0.1, 0.15) is 12.1 Å². The zero-order valence-corrected chi connectivity index (χ0v) is 15.7. The van der Waals surface area contributed by atoms with Crippen LogP contribution in [0.5, 0.6) is 0 Å². The lowest BCUT2D eigenvalue weighted by Gasteiger charge is -2.26. The van der Waals surface area contributed by atoms with Crippen molar-refractivity contribution in [3.05, 3.63) is 0 Å². The zero-order valence-electron chi connectivity index (χ0n) is 14.8. The Labute approximate surface area is 154 Å². The highest BCUT2D eigenvalue weighted by Gasteiger charge is 2.38. The Hall–Kier alpha value is -0.380. The quantitative estimate of drug-likeness (QED) is 0.551. The van der Waals surface area contributed by atoms with Crippen LogP contribution in [0.1, 0.15) is 38.5 Å². The van der Waals surface area contributed by atoms with Gasteiger partial charge in [0.05, 0.1) is 11.4 Å². The average Bonchev–Trinajstić information content (AvgIpc) is 3.37. The fourth-order valence-electron chi connectivity index (χ4n) is 4.38. The molecule has 4 unspecified atom stereocenters. The molecule has 0 spiro atoms. The smallest absolute Gasteiger partial charge is 0.239 e. The molecule has 0 aromatic rings. The summed E-state index contributed by atoms with van der Waals surface area (Å²) in [7, 11) is 0. The molecule has 4 rings (SSSR count). The molecular weight excluding hydrogens is 338 g/mol. The molecule has 142 valence electrons. The maximum atomic E-state index is 12.5. The lowest BCUT2D eigenvalue weighted by Crippen LogP contribution is -2.47. The first kappa shape index (κ1) is 18.0. The van der Waals surface area contributed by atoms with Crippen LogP contribution in [-0.2, 0) is 9.63 Å². The van der Waals surface area contributed by atoms with E-state index in [1.165, 1.54) is 32.1 Å². The first-order valence-electron chi connectivity index (χ1n) is 9.83.